The predicted octanol–water partition coefficient (Wildman–Crippen LogP) is 2.82. The number of ether oxygens (including phenoxy) is 1. The summed E-state index contributed by atoms with van der Waals surface area (Å²) in [5.74, 6) is -0.168. The number of esters is 1. The summed E-state index contributed by atoms with van der Waals surface area (Å²) in [7, 11) is -3.77. The number of anilines is 1. The number of carbonyl (C=O) groups excluding carboxylic acids is 1. The molecule has 33 heavy (non-hydrogen) atoms. The molecule has 0 bridgehead atoms. The summed E-state index contributed by atoms with van der Waals surface area (Å²) in [5, 5.41) is 2.66. The van der Waals surface area contributed by atoms with Gasteiger partial charge in [-0.2, -0.15) is 5.01 Å². The number of pyridine rings is 1. The predicted molar refractivity (Wildman–Crippen MR) is 123 cm³/mol. The second kappa shape index (κ2) is 8.44. The van der Waals surface area contributed by atoms with Crippen molar-refractivity contribution >= 4 is 32.7 Å². The lowest BCUT2D eigenvalue weighted by Crippen LogP contribution is -2.46. The number of carbonyl (C=O) groups is 1. The van der Waals surface area contributed by atoms with Gasteiger partial charge in [-0.3, -0.25) is 4.79 Å². The van der Waals surface area contributed by atoms with Crippen LogP contribution in [0.2, 0.25) is 0 Å². The zero-order valence-electron chi connectivity index (χ0n) is 18.3. The van der Waals surface area contributed by atoms with Gasteiger partial charge in [0.2, 0.25) is 0 Å². The Kier molecular flexibility index (Phi) is 5.59. The molecule has 5 rings (SSSR count). The van der Waals surface area contributed by atoms with Gasteiger partial charge in [0.15, 0.2) is 11.9 Å². The topological polar surface area (TPSA) is 120 Å². The molecule has 1 fully saturated rings. The fourth-order valence-corrected chi connectivity index (χ4v) is 6.14. The molecule has 0 spiro atoms. The summed E-state index contributed by atoms with van der Waals surface area (Å²) < 4.78 is 33.3. The van der Waals surface area contributed by atoms with Crippen LogP contribution in [0.4, 0.5) is 5.69 Å². The Labute approximate surface area is 192 Å². The van der Waals surface area contributed by atoms with Crippen LogP contribution in [0.25, 0.3) is 11.0 Å². The van der Waals surface area contributed by atoms with Crippen molar-refractivity contribution in [2.45, 2.75) is 56.3 Å². The third-order valence-electron chi connectivity index (χ3n) is 6.50. The minimum absolute atomic E-state index is 0.169. The van der Waals surface area contributed by atoms with E-state index in [4.69, 9.17) is 10.5 Å². The van der Waals surface area contributed by atoms with E-state index < -0.39 is 16.3 Å². The van der Waals surface area contributed by atoms with E-state index in [-0.39, 0.29) is 22.8 Å². The first-order chi connectivity index (χ1) is 15.8. The lowest BCUT2D eigenvalue weighted by molar-refractivity contribution is -0.162. The third kappa shape index (κ3) is 3.98. The van der Waals surface area contributed by atoms with Crippen molar-refractivity contribution in [2.75, 3.05) is 5.43 Å². The van der Waals surface area contributed by atoms with Crippen LogP contribution in [0.1, 0.15) is 38.2 Å². The first-order valence-corrected chi connectivity index (χ1v) is 12.5. The van der Waals surface area contributed by atoms with Crippen molar-refractivity contribution in [3.63, 3.8) is 0 Å². The maximum absolute atomic E-state index is 13.2. The number of hydrogen-bond donors (Lipinski definition) is 2. The highest BCUT2D eigenvalue weighted by Crippen LogP contribution is 2.37. The van der Waals surface area contributed by atoms with E-state index in [2.05, 4.69) is 10.4 Å². The molecule has 174 valence electrons. The lowest BCUT2D eigenvalue weighted by atomic mass is 9.85. The Hall–Kier alpha value is -2.95. The number of nitrogens with one attached hydrogen (secondary N) is 1. The molecule has 3 heterocycles. The number of rotatable bonds is 5. The molecular weight excluding hydrogens is 442 g/mol. The minimum Gasteiger partial charge on any atom is -0.445 e. The van der Waals surface area contributed by atoms with E-state index in [1.165, 1.54) is 17.1 Å². The van der Waals surface area contributed by atoms with E-state index in [1.54, 1.807) is 42.6 Å². The van der Waals surface area contributed by atoms with Gasteiger partial charge in [0.05, 0.1) is 16.8 Å². The Morgan fingerprint density at radius 2 is 1.91 bits per heavy atom. The van der Waals surface area contributed by atoms with Crippen molar-refractivity contribution in [2.24, 2.45) is 11.7 Å². The van der Waals surface area contributed by atoms with E-state index in [1.807, 2.05) is 5.01 Å². The first-order valence-electron chi connectivity index (χ1n) is 11.1. The Bertz CT molecular complexity index is 1280. The van der Waals surface area contributed by atoms with Crippen LogP contribution in [-0.2, 0) is 26.1 Å². The molecule has 0 radical (unpaired) electrons. The summed E-state index contributed by atoms with van der Waals surface area (Å²) in [6.07, 6.45) is 6.29. The molecule has 10 heteroatoms. The fraction of sp³-hybridized carbons (Fsp3) is 0.391. The first kappa shape index (κ1) is 21.9. The van der Waals surface area contributed by atoms with Crippen LogP contribution >= 0.6 is 0 Å². The number of nitrogens with zero attached hydrogens (tertiary/aromatic N) is 3. The highest BCUT2D eigenvalue weighted by Gasteiger charge is 2.37. The van der Waals surface area contributed by atoms with Gasteiger partial charge >= 0.3 is 5.97 Å². The number of benzene rings is 1. The largest absolute Gasteiger partial charge is 0.445 e. The number of nitrogens with two attached hydrogens (primary N) is 1. The van der Waals surface area contributed by atoms with Crippen molar-refractivity contribution in [3.8, 4) is 0 Å². The second-order valence-electron chi connectivity index (χ2n) is 8.73. The quantitative estimate of drug-likeness (QED) is 0.548. The zero-order chi connectivity index (χ0) is 23.2. The summed E-state index contributed by atoms with van der Waals surface area (Å²) in [6.45, 7) is 1.88. The van der Waals surface area contributed by atoms with Crippen LogP contribution in [-0.4, -0.2) is 40.6 Å². The standard InChI is InChI=1S/C23H27N5O4S/c1-15(29)32-23(16-7-9-17(24)10-8-16)27-14-20-19-11-12-28(22(19)25-13-21(20)26-27)33(30,31)18-5-3-2-4-6-18/h2-6,11-13,16-17,23,26H,7-10,14,24H2,1H3. The summed E-state index contributed by atoms with van der Waals surface area (Å²) in [6, 6.07) is 10.3. The second-order valence-corrected chi connectivity index (χ2v) is 10.5. The Morgan fingerprint density at radius 3 is 2.61 bits per heavy atom. The molecule has 3 N–H and O–H groups in total. The van der Waals surface area contributed by atoms with Crippen LogP contribution in [0, 0.1) is 5.92 Å². The molecule has 1 saturated carbocycles. The molecule has 1 aliphatic carbocycles. The molecular formula is C23H27N5O4S. The third-order valence-corrected chi connectivity index (χ3v) is 8.18. The van der Waals surface area contributed by atoms with E-state index in [9.17, 15) is 13.2 Å². The van der Waals surface area contributed by atoms with E-state index in [0.717, 1.165) is 42.3 Å². The smallest absolute Gasteiger partial charge is 0.304 e. The molecule has 9 nitrogen and oxygen atoms in total. The molecule has 3 aromatic rings. The number of aromatic nitrogens is 2. The zero-order valence-corrected chi connectivity index (χ0v) is 19.2. The molecule has 0 amide bonds. The highest BCUT2D eigenvalue weighted by atomic mass is 32.2. The minimum atomic E-state index is -3.77. The molecule has 1 unspecified atom stereocenters. The number of hydrazine groups is 1. The van der Waals surface area contributed by atoms with Crippen molar-refractivity contribution < 1.29 is 17.9 Å². The lowest BCUT2D eigenvalue weighted by Gasteiger charge is -2.36. The van der Waals surface area contributed by atoms with Crippen molar-refractivity contribution in [3.05, 3.63) is 54.4 Å². The van der Waals surface area contributed by atoms with Gasteiger partial charge in [-0.15, -0.1) is 0 Å². The average molecular weight is 470 g/mol. The average Bonchev–Trinajstić information content (AvgIpc) is 3.43. The summed E-state index contributed by atoms with van der Waals surface area (Å²) in [4.78, 5) is 16.5. The highest BCUT2D eigenvalue weighted by molar-refractivity contribution is 7.90. The van der Waals surface area contributed by atoms with Crippen LogP contribution in [0.5, 0.6) is 0 Å². The number of fused-ring (bicyclic) bond motifs is 3. The SMILES string of the molecule is CC(=O)OC(C1CCC(N)CC1)N1Cc2c(cnc3c2ccn3S(=O)(=O)c2ccccc2)N1. The van der Waals surface area contributed by atoms with Gasteiger partial charge in [0, 0.05) is 42.6 Å². The van der Waals surface area contributed by atoms with Gasteiger partial charge in [0.25, 0.3) is 10.0 Å². The molecule has 1 atom stereocenters. The van der Waals surface area contributed by atoms with Gasteiger partial charge < -0.3 is 15.9 Å². The van der Waals surface area contributed by atoms with Gasteiger partial charge in [-0.25, -0.2) is 17.4 Å². The molecule has 1 aromatic carbocycles. The normalized spacial score (nSPS) is 22.0. The van der Waals surface area contributed by atoms with Crippen LogP contribution in [0.15, 0.2) is 53.7 Å². The van der Waals surface area contributed by atoms with Crippen LogP contribution in [0.3, 0.4) is 0 Å². The molecule has 1 aliphatic heterocycles. The van der Waals surface area contributed by atoms with Crippen molar-refractivity contribution in [1.82, 2.24) is 14.0 Å². The van der Waals surface area contributed by atoms with Crippen molar-refractivity contribution in [1.29, 1.82) is 0 Å². The van der Waals surface area contributed by atoms with E-state index >= 15 is 0 Å². The molecule has 0 saturated heterocycles. The fourth-order valence-electron chi connectivity index (χ4n) is 4.82. The van der Waals surface area contributed by atoms with E-state index in [0.29, 0.717) is 12.2 Å². The molecule has 2 aliphatic rings. The van der Waals surface area contributed by atoms with Gasteiger partial charge in [-0.1, -0.05) is 18.2 Å². The summed E-state index contributed by atoms with van der Waals surface area (Å²) in [5.41, 5.74) is 11.5. The van der Waals surface area contributed by atoms with Gasteiger partial charge in [0.1, 0.15) is 0 Å². The Balaban J connectivity index is 1.47. The van der Waals surface area contributed by atoms with Gasteiger partial charge in [-0.05, 0) is 43.9 Å². The Morgan fingerprint density at radius 1 is 1.18 bits per heavy atom. The maximum atomic E-state index is 13.2. The maximum Gasteiger partial charge on any atom is 0.304 e. The monoisotopic (exact) mass is 469 g/mol. The number of hydrogen-bond acceptors (Lipinski definition) is 8. The summed E-state index contributed by atoms with van der Waals surface area (Å²) >= 11 is 0. The molecule has 2 aromatic heterocycles. The van der Waals surface area contributed by atoms with Crippen LogP contribution < -0.4 is 11.2 Å².